The lowest BCUT2D eigenvalue weighted by atomic mass is 10.0. The van der Waals surface area contributed by atoms with Gasteiger partial charge in [0.25, 0.3) is 0 Å². The number of hydrogen-bond donors (Lipinski definition) is 1. The van der Waals surface area contributed by atoms with Gasteiger partial charge in [0.2, 0.25) is 0 Å². The average Bonchev–Trinajstić information content (AvgIpc) is 2.96. The molecule has 3 heteroatoms. The third kappa shape index (κ3) is 2.65. The molecule has 2 unspecified atom stereocenters. The lowest BCUT2D eigenvalue weighted by Gasteiger charge is -2.31. The SMILES string of the molecule is CCN(Cc1ccsc1)C1CCCC1CN. The van der Waals surface area contributed by atoms with Crippen molar-refractivity contribution in [1.82, 2.24) is 4.90 Å². The van der Waals surface area contributed by atoms with Crippen LogP contribution in [0.3, 0.4) is 0 Å². The Kier molecular flexibility index (Phi) is 4.38. The zero-order valence-corrected chi connectivity index (χ0v) is 10.9. The Morgan fingerprint density at radius 3 is 3.00 bits per heavy atom. The Balaban J connectivity index is 1.98. The van der Waals surface area contributed by atoms with E-state index in [-0.39, 0.29) is 0 Å². The van der Waals surface area contributed by atoms with Crippen LogP contribution in [0.5, 0.6) is 0 Å². The molecule has 1 aliphatic rings. The normalized spacial score (nSPS) is 25.4. The van der Waals surface area contributed by atoms with Crippen LogP contribution in [0.2, 0.25) is 0 Å². The van der Waals surface area contributed by atoms with Crippen molar-refractivity contribution in [3.05, 3.63) is 22.4 Å². The molecule has 2 atom stereocenters. The summed E-state index contributed by atoms with van der Waals surface area (Å²) in [6.45, 7) is 5.35. The molecule has 0 amide bonds. The van der Waals surface area contributed by atoms with Gasteiger partial charge >= 0.3 is 0 Å². The minimum atomic E-state index is 0.717. The van der Waals surface area contributed by atoms with E-state index < -0.39 is 0 Å². The van der Waals surface area contributed by atoms with Crippen molar-refractivity contribution < 1.29 is 0 Å². The molecular formula is C13H22N2S. The molecular weight excluding hydrogens is 216 g/mol. The molecule has 90 valence electrons. The van der Waals surface area contributed by atoms with E-state index in [1.165, 1.54) is 24.8 Å². The molecule has 1 aliphatic carbocycles. The number of nitrogens with two attached hydrogens (primary N) is 1. The summed E-state index contributed by atoms with van der Waals surface area (Å²) < 4.78 is 0. The van der Waals surface area contributed by atoms with Crippen LogP contribution in [0.15, 0.2) is 16.8 Å². The van der Waals surface area contributed by atoms with Crippen molar-refractivity contribution in [3.8, 4) is 0 Å². The summed E-state index contributed by atoms with van der Waals surface area (Å²) in [6, 6.07) is 2.95. The van der Waals surface area contributed by atoms with Crippen molar-refractivity contribution in [2.75, 3.05) is 13.1 Å². The smallest absolute Gasteiger partial charge is 0.0244 e. The molecule has 2 nitrogen and oxygen atoms in total. The zero-order chi connectivity index (χ0) is 11.4. The molecule has 0 spiro atoms. The van der Waals surface area contributed by atoms with Crippen LogP contribution in [0, 0.1) is 5.92 Å². The molecule has 0 aliphatic heterocycles. The molecule has 0 bridgehead atoms. The summed E-state index contributed by atoms with van der Waals surface area (Å²) in [7, 11) is 0. The highest BCUT2D eigenvalue weighted by molar-refractivity contribution is 7.07. The van der Waals surface area contributed by atoms with E-state index in [2.05, 4.69) is 28.7 Å². The first-order valence-corrected chi connectivity index (χ1v) is 7.24. The van der Waals surface area contributed by atoms with Crippen LogP contribution in [-0.2, 0) is 6.54 Å². The third-order valence-electron chi connectivity index (χ3n) is 3.76. The highest BCUT2D eigenvalue weighted by Crippen LogP contribution is 2.30. The molecule has 0 saturated heterocycles. The molecule has 1 aromatic rings. The van der Waals surface area contributed by atoms with Gasteiger partial charge in [-0.05, 0) is 54.2 Å². The van der Waals surface area contributed by atoms with Gasteiger partial charge in [-0.1, -0.05) is 13.3 Å². The molecule has 16 heavy (non-hydrogen) atoms. The lowest BCUT2D eigenvalue weighted by Crippen LogP contribution is -2.39. The summed E-state index contributed by atoms with van der Waals surface area (Å²) in [5.41, 5.74) is 7.32. The van der Waals surface area contributed by atoms with Gasteiger partial charge in [0.05, 0.1) is 0 Å². The van der Waals surface area contributed by atoms with E-state index >= 15 is 0 Å². The van der Waals surface area contributed by atoms with E-state index in [1.807, 2.05) is 0 Å². The molecule has 1 saturated carbocycles. The molecule has 2 N–H and O–H groups in total. The van der Waals surface area contributed by atoms with Crippen molar-refractivity contribution in [3.63, 3.8) is 0 Å². The van der Waals surface area contributed by atoms with Crippen molar-refractivity contribution in [2.24, 2.45) is 11.7 Å². The van der Waals surface area contributed by atoms with Crippen LogP contribution in [0.1, 0.15) is 31.7 Å². The second-order valence-electron chi connectivity index (χ2n) is 4.69. The summed E-state index contributed by atoms with van der Waals surface area (Å²) >= 11 is 1.79. The van der Waals surface area contributed by atoms with E-state index in [1.54, 1.807) is 11.3 Å². The predicted octanol–water partition coefficient (Wildman–Crippen LogP) is 2.70. The van der Waals surface area contributed by atoms with Crippen LogP contribution < -0.4 is 5.73 Å². The highest BCUT2D eigenvalue weighted by atomic mass is 32.1. The van der Waals surface area contributed by atoms with Gasteiger partial charge in [-0.3, -0.25) is 4.90 Å². The molecule has 0 aromatic carbocycles. The second kappa shape index (κ2) is 5.80. The van der Waals surface area contributed by atoms with Crippen molar-refractivity contribution in [2.45, 2.75) is 38.8 Å². The highest BCUT2D eigenvalue weighted by Gasteiger charge is 2.30. The van der Waals surface area contributed by atoms with E-state index in [0.717, 1.165) is 31.6 Å². The fraction of sp³-hybridized carbons (Fsp3) is 0.692. The van der Waals surface area contributed by atoms with E-state index in [4.69, 9.17) is 5.73 Å². The molecule has 1 heterocycles. The number of nitrogens with zero attached hydrogens (tertiary/aromatic N) is 1. The minimum Gasteiger partial charge on any atom is -0.330 e. The summed E-state index contributed by atoms with van der Waals surface area (Å²) in [6.07, 6.45) is 4.01. The van der Waals surface area contributed by atoms with Crippen LogP contribution >= 0.6 is 11.3 Å². The standard InChI is InChI=1S/C13H22N2S/c1-2-15(9-11-6-7-16-10-11)13-5-3-4-12(13)8-14/h6-7,10,12-13H,2-5,8-9,14H2,1H3. The maximum Gasteiger partial charge on any atom is 0.0244 e. The maximum absolute atomic E-state index is 5.87. The van der Waals surface area contributed by atoms with Crippen LogP contribution in [0.4, 0.5) is 0 Å². The van der Waals surface area contributed by atoms with Crippen molar-refractivity contribution in [1.29, 1.82) is 0 Å². The first kappa shape index (κ1) is 12.1. The first-order chi connectivity index (χ1) is 7.85. The zero-order valence-electron chi connectivity index (χ0n) is 10.1. The summed E-state index contributed by atoms with van der Waals surface area (Å²) in [5.74, 6) is 0.721. The first-order valence-electron chi connectivity index (χ1n) is 6.30. The number of rotatable bonds is 5. The largest absolute Gasteiger partial charge is 0.330 e. The van der Waals surface area contributed by atoms with E-state index in [9.17, 15) is 0 Å². The number of thiophene rings is 1. The Bertz CT molecular complexity index is 297. The van der Waals surface area contributed by atoms with Gasteiger partial charge in [0.15, 0.2) is 0 Å². The maximum atomic E-state index is 5.87. The Hall–Kier alpha value is -0.380. The van der Waals surface area contributed by atoms with Crippen LogP contribution in [0.25, 0.3) is 0 Å². The van der Waals surface area contributed by atoms with Gasteiger partial charge in [0.1, 0.15) is 0 Å². The molecule has 2 rings (SSSR count). The van der Waals surface area contributed by atoms with Crippen LogP contribution in [-0.4, -0.2) is 24.0 Å². The topological polar surface area (TPSA) is 29.3 Å². The van der Waals surface area contributed by atoms with Gasteiger partial charge in [-0.15, -0.1) is 0 Å². The minimum absolute atomic E-state index is 0.717. The van der Waals surface area contributed by atoms with Gasteiger partial charge < -0.3 is 5.73 Å². The van der Waals surface area contributed by atoms with E-state index in [0.29, 0.717) is 0 Å². The quantitative estimate of drug-likeness (QED) is 0.854. The van der Waals surface area contributed by atoms with Crippen molar-refractivity contribution >= 4 is 11.3 Å². The monoisotopic (exact) mass is 238 g/mol. The fourth-order valence-electron chi connectivity index (χ4n) is 2.85. The summed E-state index contributed by atoms with van der Waals surface area (Å²) in [5, 5.41) is 4.42. The number of hydrogen-bond acceptors (Lipinski definition) is 3. The average molecular weight is 238 g/mol. The molecule has 1 fully saturated rings. The Morgan fingerprint density at radius 2 is 2.38 bits per heavy atom. The Morgan fingerprint density at radius 1 is 1.50 bits per heavy atom. The third-order valence-corrected chi connectivity index (χ3v) is 4.49. The molecule has 1 aromatic heterocycles. The van der Waals surface area contributed by atoms with Gasteiger partial charge in [-0.25, -0.2) is 0 Å². The van der Waals surface area contributed by atoms with Gasteiger partial charge in [-0.2, -0.15) is 11.3 Å². The Labute approximate surface area is 102 Å². The summed E-state index contributed by atoms with van der Waals surface area (Å²) in [4.78, 5) is 2.60. The van der Waals surface area contributed by atoms with Gasteiger partial charge in [0, 0.05) is 12.6 Å². The second-order valence-corrected chi connectivity index (χ2v) is 5.47. The predicted molar refractivity (Wildman–Crippen MR) is 70.6 cm³/mol. The molecule has 0 radical (unpaired) electrons. The lowest BCUT2D eigenvalue weighted by molar-refractivity contribution is 0.162. The fourth-order valence-corrected chi connectivity index (χ4v) is 3.51.